The second-order valence-corrected chi connectivity index (χ2v) is 5.37. The van der Waals surface area contributed by atoms with Gasteiger partial charge in [0, 0.05) is 0 Å². The van der Waals surface area contributed by atoms with Crippen LogP contribution in [0.15, 0.2) is 48.5 Å². The first-order chi connectivity index (χ1) is 10.7. The highest BCUT2D eigenvalue weighted by molar-refractivity contribution is 6.33. The number of hydrogen-bond donors (Lipinski definition) is 1. The van der Waals surface area contributed by atoms with Crippen LogP contribution < -0.4 is 5.32 Å². The van der Waals surface area contributed by atoms with Gasteiger partial charge in [-0.25, -0.2) is 4.98 Å². The predicted molar refractivity (Wildman–Crippen MR) is 87.8 cm³/mol. The van der Waals surface area contributed by atoms with Crippen molar-refractivity contribution in [1.29, 1.82) is 0 Å². The molecule has 0 spiro atoms. The number of halogens is 1. The van der Waals surface area contributed by atoms with E-state index in [1.165, 1.54) is 0 Å². The lowest BCUT2D eigenvalue weighted by Crippen LogP contribution is -2.01. The molecule has 4 aromatic rings. The number of nitrogens with one attached hydrogen (secondary N) is 1. The maximum Gasteiger partial charge on any atom is 0.204 e. The molecule has 0 aliphatic carbocycles. The van der Waals surface area contributed by atoms with E-state index in [9.17, 15) is 0 Å². The average Bonchev–Trinajstić information content (AvgIpc) is 2.92. The summed E-state index contributed by atoms with van der Waals surface area (Å²) in [6, 6.07) is 15.4. The van der Waals surface area contributed by atoms with Crippen molar-refractivity contribution in [1.82, 2.24) is 19.6 Å². The lowest BCUT2D eigenvalue weighted by molar-refractivity contribution is 1.02. The first-order valence-corrected chi connectivity index (χ1v) is 7.24. The van der Waals surface area contributed by atoms with Crippen molar-refractivity contribution in [2.75, 3.05) is 5.32 Å². The Morgan fingerprint density at radius 1 is 1.00 bits per heavy atom. The molecule has 0 saturated carbocycles. The van der Waals surface area contributed by atoms with Gasteiger partial charge in [0.2, 0.25) is 5.65 Å². The molecule has 6 heteroatoms. The lowest BCUT2D eigenvalue weighted by Gasteiger charge is -2.10. The van der Waals surface area contributed by atoms with Crippen LogP contribution in [0, 0.1) is 6.92 Å². The Morgan fingerprint density at radius 2 is 1.77 bits per heavy atom. The Hall–Kier alpha value is -2.66. The number of nitrogens with zero attached hydrogens (tertiary/aromatic N) is 4. The van der Waals surface area contributed by atoms with Crippen LogP contribution in [0.3, 0.4) is 0 Å². The molecule has 0 unspecified atom stereocenters. The van der Waals surface area contributed by atoms with E-state index in [0.717, 1.165) is 22.5 Å². The van der Waals surface area contributed by atoms with Gasteiger partial charge in [0.25, 0.3) is 0 Å². The van der Waals surface area contributed by atoms with Gasteiger partial charge in [-0.3, -0.25) is 4.40 Å². The maximum atomic E-state index is 6.22. The first-order valence-electron chi connectivity index (χ1n) is 6.86. The molecule has 5 nitrogen and oxygen atoms in total. The molecule has 0 aliphatic rings. The topological polar surface area (TPSA) is 55.1 Å². The minimum Gasteiger partial charge on any atom is -0.336 e. The van der Waals surface area contributed by atoms with Crippen molar-refractivity contribution >= 4 is 39.8 Å². The van der Waals surface area contributed by atoms with Crippen molar-refractivity contribution < 1.29 is 0 Å². The van der Waals surface area contributed by atoms with E-state index in [1.54, 1.807) is 0 Å². The second kappa shape index (κ2) is 4.96. The van der Waals surface area contributed by atoms with Crippen LogP contribution in [0.2, 0.25) is 5.02 Å². The molecule has 0 atom stereocenters. The summed E-state index contributed by atoms with van der Waals surface area (Å²) in [5, 5.41) is 12.3. The van der Waals surface area contributed by atoms with E-state index in [2.05, 4.69) is 20.5 Å². The van der Waals surface area contributed by atoms with E-state index < -0.39 is 0 Å². The molecule has 1 N–H and O–H groups in total. The molecule has 0 amide bonds. The molecular weight excluding hydrogens is 298 g/mol. The second-order valence-electron chi connectivity index (χ2n) is 4.96. The van der Waals surface area contributed by atoms with Gasteiger partial charge in [-0.1, -0.05) is 35.9 Å². The van der Waals surface area contributed by atoms with Gasteiger partial charge in [0.1, 0.15) is 5.82 Å². The minimum atomic E-state index is 0.631. The standard InChI is InChI=1S/C16H12ClN5/c1-10-20-21-16-15(18-12-7-3-2-6-11(12)17)19-13-8-4-5-9-14(13)22(10)16/h2-9H,1H3,(H,18,19). The average molecular weight is 310 g/mol. The molecule has 2 aromatic heterocycles. The van der Waals surface area contributed by atoms with Crippen LogP contribution in [-0.2, 0) is 0 Å². The molecular formula is C16H12ClN5. The maximum absolute atomic E-state index is 6.22. The van der Waals surface area contributed by atoms with Gasteiger partial charge in [0.15, 0.2) is 5.82 Å². The number of benzene rings is 2. The number of hydrogen-bond acceptors (Lipinski definition) is 4. The third kappa shape index (κ3) is 1.98. The van der Waals surface area contributed by atoms with Crippen LogP contribution in [-0.4, -0.2) is 19.6 Å². The van der Waals surface area contributed by atoms with Gasteiger partial charge in [-0.15, -0.1) is 10.2 Å². The highest BCUT2D eigenvalue weighted by Crippen LogP contribution is 2.28. The highest BCUT2D eigenvalue weighted by Gasteiger charge is 2.13. The van der Waals surface area contributed by atoms with Crippen molar-refractivity contribution in [3.63, 3.8) is 0 Å². The molecule has 0 aliphatic heterocycles. The molecule has 0 bridgehead atoms. The molecule has 108 valence electrons. The molecule has 2 heterocycles. The minimum absolute atomic E-state index is 0.631. The summed E-state index contributed by atoms with van der Waals surface area (Å²) in [5.41, 5.74) is 3.31. The molecule has 2 aromatic carbocycles. The van der Waals surface area contributed by atoms with Crippen LogP contribution in [0.25, 0.3) is 16.7 Å². The third-order valence-corrected chi connectivity index (χ3v) is 3.85. The largest absolute Gasteiger partial charge is 0.336 e. The SMILES string of the molecule is Cc1nnc2c(Nc3ccccc3Cl)nc3ccccc3n12. The number of aryl methyl sites for hydroxylation is 1. The quantitative estimate of drug-likeness (QED) is 0.608. The lowest BCUT2D eigenvalue weighted by atomic mass is 10.3. The van der Waals surface area contributed by atoms with Crippen molar-refractivity contribution in [3.8, 4) is 0 Å². The van der Waals surface area contributed by atoms with Crippen LogP contribution in [0.1, 0.15) is 5.82 Å². The monoisotopic (exact) mass is 309 g/mol. The van der Waals surface area contributed by atoms with E-state index >= 15 is 0 Å². The van der Waals surface area contributed by atoms with Crippen LogP contribution in [0.5, 0.6) is 0 Å². The summed E-state index contributed by atoms with van der Waals surface area (Å²) < 4.78 is 1.99. The van der Waals surface area contributed by atoms with E-state index in [-0.39, 0.29) is 0 Å². The van der Waals surface area contributed by atoms with Gasteiger partial charge < -0.3 is 5.32 Å². The number of anilines is 2. The zero-order valence-electron chi connectivity index (χ0n) is 11.8. The molecule has 4 rings (SSSR count). The fraction of sp³-hybridized carbons (Fsp3) is 0.0625. The van der Waals surface area contributed by atoms with E-state index in [0.29, 0.717) is 16.5 Å². The zero-order valence-corrected chi connectivity index (χ0v) is 12.5. The van der Waals surface area contributed by atoms with Crippen molar-refractivity contribution in [2.24, 2.45) is 0 Å². The Labute approximate surface area is 131 Å². The van der Waals surface area contributed by atoms with Gasteiger partial charge in [-0.05, 0) is 31.2 Å². The number of aromatic nitrogens is 4. The zero-order chi connectivity index (χ0) is 15.1. The molecule has 0 saturated heterocycles. The van der Waals surface area contributed by atoms with E-state index in [1.807, 2.05) is 59.9 Å². The summed E-state index contributed by atoms with van der Waals surface area (Å²) in [5.74, 6) is 1.45. The normalized spacial score (nSPS) is 11.2. The fourth-order valence-corrected chi connectivity index (χ4v) is 2.68. The Bertz CT molecular complexity index is 992. The number of fused-ring (bicyclic) bond motifs is 3. The predicted octanol–water partition coefficient (Wildman–Crippen LogP) is 3.98. The third-order valence-electron chi connectivity index (χ3n) is 3.52. The summed E-state index contributed by atoms with van der Waals surface area (Å²) in [4.78, 5) is 4.66. The summed E-state index contributed by atoms with van der Waals surface area (Å²) >= 11 is 6.22. The fourth-order valence-electron chi connectivity index (χ4n) is 2.50. The Morgan fingerprint density at radius 3 is 2.64 bits per heavy atom. The van der Waals surface area contributed by atoms with Gasteiger partial charge in [-0.2, -0.15) is 0 Å². The summed E-state index contributed by atoms with van der Waals surface area (Å²) in [6.45, 7) is 1.92. The van der Waals surface area contributed by atoms with Crippen molar-refractivity contribution in [3.05, 3.63) is 59.4 Å². The van der Waals surface area contributed by atoms with Gasteiger partial charge >= 0.3 is 0 Å². The molecule has 22 heavy (non-hydrogen) atoms. The Kier molecular flexibility index (Phi) is 2.94. The van der Waals surface area contributed by atoms with Crippen molar-refractivity contribution in [2.45, 2.75) is 6.92 Å². The summed E-state index contributed by atoms with van der Waals surface area (Å²) in [6.07, 6.45) is 0. The summed E-state index contributed by atoms with van der Waals surface area (Å²) in [7, 11) is 0. The number of rotatable bonds is 2. The highest BCUT2D eigenvalue weighted by atomic mass is 35.5. The van der Waals surface area contributed by atoms with Gasteiger partial charge in [0.05, 0.1) is 21.7 Å². The van der Waals surface area contributed by atoms with E-state index in [4.69, 9.17) is 11.6 Å². The number of para-hydroxylation sites is 3. The molecule has 0 fully saturated rings. The van der Waals surface area contributed by atoms with Crippen LogP contribution >= 0.6 is 11.6 Å². The first kappa shape index (κ1) is 13.0. The smallest absolute Gasteiger partial charge is 0.204 e. The van der Waals surface area contributed by atoms with Crippen LogP contribution in [0.4, 0.5) is 11.5 Å². The molecule has 0 radical (unpaired) electrons. The Balaban J connectivity index is 1.98.